The van der Waals surface area contributed by atoms with E-state index in [9.17, 15) is 14.7 Å². The fraction of sp³-hybridized carbons (Fsp3) is 0.500. The van der Waals surface area contributed by atoms with Gasteiger partial charge in [-0.1, -0.05) is 44.4 Å². The molecule has 1 unspecified atom stereocenters. The molecule has 1 aliphatic heterocycles. The molecule has 1 atom stereocenters. The monoisotopic (exact) mass is 290 g/mol. The van der Waals surface area contributed by atoms with E-state index in [4.69, 9.17) is 0 Å². The lowest BCUT2D eigenvalue weighted by Crippen LogP contribution is -2.48. The zero-order chi connectivity index (χ0) is 15.2. The minimum Gasteiger partial charge on any atom is -0.480 e. The maximum Gasteiger partial charge on any atom is 0.327 e. The van der Waals surface area contributed by atoms with Crippen LogP contribution < -0.4 is 10.2 Å². The molecule has 114 valence electrons. The molecule has 0 fully saturated rings. The van der Waals surface area contributed by atoms with E-state index in [-0.39, 0.29) is 6.03 Å². The number of anilines is 1. The maximum absolute atomic E-state index is 12.3. The molecule has 2 N–H and O–H groups in total. The molecular formula is C16H22N2O3. The van der Waals surface area contributed by atoms with E-state index in [1.54, 1.807) is 6.07 Å². The van der Waals surface area contributed by atoms with Gasteiger partial charge in [0.1, 0.15) is 6.04 Å². The number of urea groups is 1. The Hall–Kier alpha value is -2.04. The lowest BCUT2D eigenvalue weighted by Gasteiger charge is -2.23. The number of carbonyl (C=O) groups excluding carboxylic acids is 1. The second-order valence-corrected chi connectivity index (χ2v) is 5.35. The maximum atomic E-state index is 12.3. The van der Waals surface area contributed by atoms with E-state index in [0.717, 1.165) is 31.2 Å². The molecule has 2 amide bonds. The van der Waals surface area contributed by atoms with Crippen molar-refractivity contribution in [3.8, 4) is 0 Å². The first-order chi connectivity index (χ1) is 10.1. The van der Waals surface area contributed by atoms with Gasteiger partial charge in [-0.25, -0.2) is 9.59 Å². The number of nitrogens with zero attached hydrogens (tertiary/aromatic N) is 1. The Labute approximate surface area is 125 Å². The lowest BCUT2D eigenvalue weighted by molar-refractivity contribution is -0.138. The first-order valence-electron chi connectivity index (χ1n) is 7.53. The number of hydrogen-bond donors (Lipinski definition) is 2. The van der Waals surface area contributed by atoms with Gasteiger partial charge in [0, 0.05) is 18.7 Å². The van der Waals surface area contributed by atoms with Crippen LogP contribution in [0.25, 0.3) is 0 Å². The lowest BCUT2D eigenvalue weighted by atomic mass is 10.1. The summed E-state index contributed by atoms with van der Waals surface area (Å²) >= 11 is 0. The third-order valence-corrected chi connectivity index (χ3v) is 3.79. The Kier molecular flexibility index (Phi) is 5.20. The van der Waals surface area contributed by atoms with Gasteiger partial charge >= 0.3 is 12.0 Å². The summed E-state index contributed by atoms with van der Waals surface area (Å²) in [4.78, 5) is 25.1. The summed E-state index contributed by atoms with van der Waals surface area (Å²) in [5.41, 5.74) is 1.61. The normalized spacial score (nSPS) is 16.6. The summed E-state index contributed by atoms with van der Waals surface area (Å²) in [7, 11) is 0. The standard InChI is InChI=1S/C16H22N2O3/c1-2-3-4-7-10-17-16(21)18-13-9-6-5-8-12(13)11-14(18)15(19)20/h5-6,8-9,14H,2-4,7,10-11H2,1H3,(H,17,21)(H,19,20). The van der Waals surface area contributed by atoms with Crippen molar-refractivity contribution < 1.29 is 14.7 Å². The summed E-state index contributed by atoms with van der Waals surface area (Å²) in [6.45, 7) is 2.72. The van der Waals surface area contributed by atoms with Crippen molar-refractivity contribution in [2.45, 2.75) is 45.1 Å². The van der Waals surface area contributed by atoms with E-state index in [1.165, 1.54) is 4.90 Å². The fourth-order valence-electron chi connectivity index (χ4n) is 2.67. The van der Waals surface area contributed by atoms with E-state index in [0.29, 0.717) is 18.7 Å². The molecule has 1 heterocycles. The van der Waals surface area contributed by atoms with Crippen LogP contribution in [0.1, 0.15) is 38.2 Å². The predicted octanol–water partition coefficient (Wildman–Crippen LogP) is 2.79. The van der Waals surface area contributed by atoms with Crippen molar-refractivity contribution in [3.63, 3.8) is 0 Å². The van der Waals surface area contributed by atoms with Gasteiger partial charge < -0.3 is 10.4 Å². The van der Waals surface area contributed by atoms with Crippen LogP contribution in [0.2, 0.25) is 0 Å². The molecule has 0 spiro atoms. The second kappa shape index (κ2) is 7.11. The van der Waals surface area contributed by atoms with Crippen molar-refractivity contribution in [2.75, 3.05) is 11.4 Å². The zero-order valence-corrected chi connectivity index (χ0v) is 12.3. The number of amides is 2. The number of hydrogen-bond acceptors (Lipinski definition) is 2. The highest BCUT2D eigenvalue weighted by Crippen LogP contribution is 2.32. The number of para-hydroxylation sites is 1. The summed E-state index contributed by atoms with van der Waals surface area (Å²) in [5.74, 6) is -0.965. The predicted molar refractivity (Wildman–Crippen MR) is 81.6 cm³/mol. The molecule has 0 aromatic heterocycles. The second-order valence-electron chi connectivity index (χ2n) is 5.35. The van der Waals surface area contributed by atoms with Gasteiger partial charge in [-0.3, -0.25) is 4.90 Å². The van der Waals surface area contributed by atoms with Crippen LogP contribution in [0, 0.1) is 0 Å². The Bertz CT molecular complexity index is 516. The van der Waals surface area contributed by atoms with Crippen molar-refractivity contribution in [1.29, 1.82) is 0 Å². The Morgan fingerprint density at radius 2 is 2.05 bits per heavy atom. The van der Waals surface area contributed by atoms with Gasteiger partial charge in [-0.2, -0.15) is 0 Å². The Morgan fingerprint density at radius 1 is 1.29 bits per heavy atom. The number of carbonyl (C=O) groups is 2. The first kappa shape index (κ1) is 15.4. The van der Waals surface area contributed by atoms with E-state index in [1.807, 2.05) is 18.2 Å². The van der Waals surface area contributed by atoms with Crippen LogP contribution in [0.5, 0.6) is 0 Å². The fourth-order valence-corrected chi connectivity index (χ4v) is 2.67. The van der Waals surface area contributed by atoms with Crippen molar-refractivity contribution in [1.82, 2.24) is 5.32 Å². The molecule has 0 saturated heterocycles. The molecule has 0 aliphatic carbocycles. The summed E-state index contributed by atoms with van der Waals surface area (Å²) in [6, 6.07) is 6.24. The topological polar surface area (TPSA) is 69.6 Å². The number of carboxylic acids is 1. The van der Waals surface area contributed by atoms with E-state index < -0.39 is 12.0 Å². The van der Waals surface area contributed by atoms with Crippen LogP contribution in [0.15, 0.2) is 24.3 Å². The zero-order valence-electron chi connectivity index (χ0n) is 12.3. The average molecular weight is 290 g/mol. The molecule has 0 bridgehead atoms. The summed E-state index contributed by atoms with van der Waals surface area (Å²) < 4.78 is 0. The third kappa shape index (κ3) is 3.54. The number of rotatable bonds is 6. The van der Waals surface area contributed by atoms with Crippen LogP contribution >= 0.6 is 0 Å². The average Bonchev–Trinajstić information content (AvgIpc) is 2.86. The number of nitrogens with one attached hydrogen (secondary N) is 1. The molecule has 0 radical (unpaired) electrons. The number of fused-ring (bicyclic) bond motifs is 1. The molecule has 0 saturated carbocycles. The number of carboxylic acid groups (broad SMARTS) is 1. The van der Waals surface area contributed by atoms with Crippen molar-refractivity contribution in [3.05, 3.63) is 29.8 Å². The molecule has 1 aromatic carbocycles. The smallest absolute Gasteiger partial charge is 0.327 e. The molecule has 5 nitrogen and oxygen atoms in total. The van der Waals surface area contributed by atoms with Gasteiger partial charge in [0.15, 0.2) is 0 Å². The molecular weight excluding hydrogens is 268 g/mol. The number of aliphatic carboxylic acids is 1. The number of unbranched alkanes of at least 4 members (excludes halogenated alkanes) is 3. The minimum absolute atomic E-state index is 0.316. The largest absolute Gasteiger partial charge is 0.480 e. The van der Waals surface area contributed by atoms with Gasteiger partial charge in [0.05, 0.1) is 0 Å². The van der Waals surface area contributed by atoms with Gasteiger partial charge in [0.2, 0.25) is 0 Å². The first-order valence-corrected chi connectivity index (χ1v) is 7.53. The van der Waals surface area contributed by atoms with Gasteiger partial charge in [-0.05, 0) is 18.1 Å². The van der Waals surface area contributed by atoms with Gasteiger partial charge in [0.25, 0.3) is 0 Å². The van der Waals surface area contributed by atoms with Crippen molar-refractivity contribution >= 4 is 17.7 Å². The van der Waals surface area contributed by atoms with Gasteiger partial charge in [-0.15, -0.1) is 0 Å². The van der Waals surface area contributed by atoms with Crippen LogP contribution in [0.3, 0.4) is 0 Å². The molecule has 1 aromatic rings. The van der Waals surface area contributed by atoms with Crippen LogP contribution in [-0.4, -0.2) is 29.7 Å². The Balaban J connectivity index is 2.01. The van der Waals surface area contributed by atoms with E-state index >= 15 is 0 Å². The quantitative estimate of drug-likeness (QED) is 0.791. The highest BCUT2D eigenvalue weighted by molar-refractivity contribution is 6.01. The molecule has 2 rings (SSSR count). The van der Waals surface area contributed by atoms with Crippen LogP contribution in [0.4, 0.5) is 10.5 Å². The molecule has 21 heavy (non-hydrogen) atoms. The van der Waals surface area contributed by atoms with Crippen molar-refractivity contribution in [2.24, 2.45) is 0 Å². The SMILES string of the molecule is CCCCCCNC(=O)N1c2ccccc2CC1C(=O)O. The highest BCUT2D eigenvalue weighted by atomic mass is 16.4. The van der Waals surface area contributed by atoms with Crippen LogP contribution in [-0.2, 0) is 11.2 Å². The summed E-state index contributed by atoms with van der Waals surface area (Å²) in [6.07, 6.45) is 4.67. The van der Waals surface area contributed by atoms with E-state index in [2.05, 4.69) is 12.2 Å². The summed E-state index contributed by atoms with van der Waals surface area (Å²) in [5, 5.41) is 12.2. The Morgan fingerprint density at radius 3 is 2.76 bits per heavy atom. The minimum atomic E-state index is -0.965. The molecule has 5 heteroatoms. The number of benzene rings is 1. The molecule has 1 aliphatic rings. The highest BCUT2D eigenvalue weighted by Gasteiger charge is 2.38. The third-order valence-electron chi connectivity index (χ3n) is 3.79.